The van der Waals surface area contributed by atoms with Gasteiger partial charge in [0.05, 0.1) is 18.7 Å². The highest BCUT2D eigenvalue weighted by atomic mass is 35.5. The molecule has 7 heteroatoms. The van der Waals surface area contributed by atoms with Gasteiger partial charge in [-0.1, -0.05) is 0 Å². The largest absolute Gasteiger partial charge is 0.377 e. The van der Waals surface area contributed by atoms with Crippen LogP contribution in [0.2, 0.25) is 0 Å². The Morgan fingerprint density at radius 1 is 1.50 bits per heavy atom. The van der Waals surface area contributed by atoms with E-state index in [1.54, 1.807) is 4.90 Å². The second-order valence-electron chi connectivity index (χ2n) is 4.81. The number of alkyl halides is 2. The molecule has 2 aliphatic rings. The number of amides is 1. The van der Waals surface area contributed by atoms with E-state index in [1.165, 1.54) is 0 Å². The minimum atomic E-state index is -2.76. The van der Waals surface area contributed by atoms with Crippen LogP contribution in [0.15, 0.2) is 0 Å². The summed E-state index contributed by atoms with van der Waals surface area (Å²) in [6.07, 6.45) is 0.347. The normalized spacial score (nSPS) is 31.6. The van der Waals surface area contributed by atoms with E-state index in [9.17, 15) is 13.6 Å². The molecule has 2 aliphatic heterocycles. The molecule has 1 amide bonds. The summed E-state index contributed by atoms with van der Waals surface area (Å²) >= 11 is 0. The molecule has 0 saturated carbocycles. The van der Waals surface area contributed by atoms with Gasteiger partial charge in [0.1, 0.15) is 0 Å². The second-order valence-corrected chi connectivity index (χ2v) is 4.81. The first-order valence-corrected chi connectivity index (χ1v) is 5.99. The Balaban J connectivity index is 0.00000162. The maximum absolute atomic E-state index is 13.0. The lowest BCUT2D eigenvalue weighted by molar-refractivity contribution is -0.134. The van der Waals surface area contributed by atoms with Crippen LogP contribution in [0.4, 0.5) is 8.78 Å². The Morgan fingerprint density at radius 3 is 2.83 bits per heavy atom. The maximum Gasteiger partial charge on any atom is 0.262 e. The third-order valence-corrected chi connectivity index (χ3v) is 3.17. The first kappa shape index (κ1) is 15.6. The summed E-state index contributed by atoms with van der Waals surface area (Å²) in [5.41, 5.74) is 0. The molecule has 0 aromatic carbocycles. The number of halogens is 3. The number of hydrogen-bond acceptors (Lipinski definition) is 3. The molecule has 2 fully saturated rings. The van der Waals surface area contributed by atoms with Crippen molar-refractivity contribution in [3.8, 4) is 0 Å². The molecule has 0 aromatic heterocycles. The quantitative estimate of drug-likeness (QED) is 0.782. The summed E-state index contributed by atoms with van der Waals surface area (Å²) in [6, 6.07) is -0.740. The highest BCUT2D eigenvalue weighted by Crippen LogP contribution is 2.26. The van der Waals surface area contributed by atoms with Crippen LogP contribution in [0, 0.1) is 0 Å². The maximum atomic E-state index is 13.0. The van der Waals surface area contributed by atoms with Crippen molar-refractivity contribution in [2.75, 3.05) is 26.2 Å². The predicted octanol–water partition coefficient (Wildman–Crippen LogP) is 1.04. The van der Waals surface area contributed by atoms with Crippen molar-refractivity contribution in [2.24, 2.45) is 0 Å². The fourth-order valence-electron chi connectivity index (χ4n) is 2.30. The number of nitrogens with zero attached hydrogens (tertiary/aromatic N) is 1. The summed E-state index contributed by atoms with van der Waals surface area (Å²) in [5, 5.41) is 2.60. The summed E-state index contributed by atoms with van der Waals surface area (Å²) in [6.45, 7) is 3.19. The van der Waals surface area contributed by atoms with Crippen molar-refractivity contribution in [3.63, 3.8) is 0 Å². The van der Waals surface area contributed by atoms with E-state index in [1.807, 2.05) is 6.92 Å². The fourth-order valence-corrected chi connectivity index (χ4v) is 2.30. The molecule has 2 unspecified atom stereocenters. The van der Waals surface area contributed by atoms with E-state index in [2.05, 4.69) is 5.32 Å². The fraction of sp³-hybridized carbons (Fsp3) is 0.909. The van der Waals surface area contributed by atoms with Crippen LogP contribution in [-0.2, 0) is 9.53 Å². The van der Waals surface area contributed by atoms with Gasteiger partial charge in [-0.25, -0.2) is 8.78 Å². The first-order chi connectivity index (χ1) is 7.98. The van der Waals surface area contributed by atoms with Crippen LogP contribution >= 0.6 is 12.4 Å². The third kappa shape index (κ3) is 3.76. The number of nitrogens with one attached hydrogen (secondary N) is 1. The molecule has 0 bridgehead atoms. The average molecular weight is 285 g/mol. The summed E-state index contributed by atoms with van der Waals surface area (Å²) in [7, 11) is 0. The molecule has 0 radical (unpaired) electrons. The van der Waals surface area contributed by atoms with Gasteiger partial charge in [-0.3, -0.25) is 10.1 Å². The molecule has 0 spiro atoms. The Labute approximate surface area is 111 Å². The molecule has 1 N–H and O–H groups in total. The zero-order valence-corrected chi connectivity index (χ0v) is 11.1. The summed E-state index contributed by atoms with van der Waals surface area (Å²) in [4.78, 5) is 13.7. The first-order valence-electron chi connectivity index (χ1n) is 5.99. The Hall–Kier alpha value is -0.460. The van der Waals surface area contributed by atoms with Crippen LogP contribution in [0.3, 0.4) is 0 Å². The van der Waals surface area contributed by atoms with Gasteiger partial charge in [-0.2, -0.15) is 0 Å². The van der Waals surface area contributed by atoms with Gasteiger partial charge in [0, 0.05) is 26.1 Å². The second kappa shape index (κ2) is 6.12. The van der Waals surface area contributed by atoms with Gasteiger partial charge in [-0.15, -0.1) is 12.4 Å². The Morgan fingerprint density at radius 2 is 2.22 bits per heavy atom. The van der Waals surface area contributed by atoms with Crippen molar-refractivity contribution in [1.29, 1.82) is 0 Å². The van der Waals surface area contributed by atoms with Crippen molar-refractivity contribution < 1.29 is 18.3 Å². The van der Waals surface area contributed by atoms with E-state index >= 15 is 0 Å². The van der Waals surface area contributed by atoms with E-state index < -0.39 is 24.9 Å². The van der Waals surface area contributed by atoms with Gasteiger partial charge in [0.15, 0.2) is 0 Å². The van der Waals surface area contributed by atoms with Crippen LogP contribution in [0.5, 0.6) is 0 Å². The van der Waals surface area contributed by atoms with Crippen molar-refractivity contribution >= 4 is 18.3 Å². The summed E-state index contributed by atoms with van der Waals surface area (Å²) < 4.78 is 31.5. The summed E-state index contributed by atoms with van der Waals surface area (Å²) in [5.74, 6) is -2.98. The van der Waals surface area contributed by atoms with E-state index in [4.69, 9.17) is 4.74 Å². The molecular weight excluding hydrogens is 266 g/mol. The number of ether oxygens (including phenoxy) is 1. The molecule has 2 saturated heterocycles. The monoisotopic (exact) mass is 284 g/mol. The van der Waals surface area contributed by atoms with Gasteiger partial charge in [-0.05, 0) is 13.3 Å². The zero-order chi connectivity index (χ0) is 12.5. The number of hydrogen-bond donors (Lipinski definition) is 1. The lowest BCUT2D eigenvalue weighted by Crippen LogP contribution is -2.45. The molecule has 2 atom stereocenters. The minimum absolute atomic E-state index is 0. The number of carbonyl (C=O) groups is 1. The lowest BCUT2D eigenvalue weighted by atomic mass is 10.1. The van der Waals surface area contributed by atoms with E-state index in [-0.39, 0.29) is 24.4 Å². The third-order valence-electron chi connectivity index (χ3n) is 3.17. The molecule has 0 aromatic rings. The average Bonchev–Trinajstić information content (AvgIpc) is 2.48. The van der Waals surface area contributed by atoms with Gasteiger partial charge in [0.25, 0.3) is 5.92 Å². The zero-order valence-electron chi connectivity index (χ0n) is 10.3. The van der Waals surface area contributed by atoms with E-state index in [0.717, 1.165) is 6.42 Å². The SMILES string of the molecule is CC1CN(C(=O)C2CC(F)(F)CN2)CCCO1.Cl. The molecule has 0 aliphatic carbocycles. The van der Waals surface area contributed by atoms with E-state index in [0.29, 0.717) is 19.7 Å². The van der Waals surface area contributed by atoms with Gasteiger partial charge in [0.2, 0.25) is 5.91 Å². The van der Waals surface area contributed by atoms with Crippen molar-refractivity contribution in [3.05, 3.63) is 0 Å². The molecular formula is C11H19ClF2N2O2. The Bertz CT molecular complexity index is 305. The molecule has 4 nitrogen and oxygen atoms in total. The van der Waals surface area contributed by atoms with Crippen molar-refractivity contribution in [1.82, 2.24) is 10.2 Å². The molecule has 2 heterocycles. The smallest absolute Gasteiger partial charge is 0.262 e. The standard InChI is InChI=1S/C11H18F2N2O2.ClH/c1-8-6-15(3-2-4-17-8)10(16)9-5-11(12,13)7-14-9;/h8-9,14H,2-7H2,1H3;1H. The topological polar surface area (TPSA) is 41.6 Å². The van der Waals surface area contributed by atoms with Crippen LogP contribution in [0.25, 0.3) is 0 Å². The highest BCUT2D eigenvalue weighted by Gasteiger charge is 2.43. The predicted molar refractivity (Wildman–Crippen MR) is 65.2 cm³/mol. The number of rotatable bonds is 1. The van der Waals surface area contributed by atoms with Crippen molar-refractivity contribution in [2.45, 2.75) is 37.8 Å². The lowest BCUT2D eigenvalue weighted by Gasteiger charge is -2.25. The molecule has 18 heavy (non-hydrogen) atoms. The number of carbonyl (C=O) groups excluding carboxylic acids is 1. The minimum Gasteiger partial charge on any atom is -0.377 e. The molecule has 106 valence electrons. The van der Waals surface area contributed by atoms with Gasteiger partial charge < -0.3 is 9.64 Å². The van der Waals surface area contributed by atoms with Crippen LogP contribution < -0.4 is 5.32 Å². The highest BCUT2D eigenvalue weighted by molar-refractivity contribution is 5.85. The van der Waals surface area contributed by atoms with Crippen LogP contribution in [-0.4, -0.2) is 55.1 Å². The molecule has 2 rings (SSSR count). The Kier molecular flexibility index (Phi) is 5.31. The van der Waals surface area contributed by atoms with Crippen LogP contribution in [0.1, 0.15) is 19.8 Å². The van der Waals surface area contributed by atoms with Gasteiger partial charge >= 0.3 is 0 Å².